The Morgan fingerprint density at radius 3 is 2.43 bits per heavy atom. The molecule has 0 aliphatic heterocycles. The van der Waals surface area contributed by atoms with Gasteiger partial charge in [0, 0.05) is 12.5 Å². The van der Waals surface area contributed by atoms with Gasteiger partial charge in [0.1, 0.15) is 4.75 Å². The summed E-state index contributed by atoms with van der Waals surface area (Å²) in [6, 6.07) is 8.46. The summed E-state index contributed by atoms with van der Waals surface area (Å²) in [5.41, 5.74) is 0. The molecule has 0 spiro atoms. The van der Waals surface area contributed by atoms with Crippen molar-refractivity contribution >= 4 is 18.2 Å². The number of aliphatic hydroxyl groups is 1. The molecule has 3 atom stereocenters. The summed E-state index contributed by atoms with van der Waals surface area (Å²) in [6.07, 6.45) is 3.61. The van der Waals surface area contributed by atoms with Gasteiger partial charge in [0.2, 0.25) is 0 Å². The lowest BCUT2D eigenvalue weighted by molar-refractivity contribution is 0.133. The number of hydrogen-bond donors (Lipinski definition) is 1. The zero-order valence-corrected chi connectivity index (χ0v) is 19.8. The molecule has 4 nitrogen and oxygen atoms in total. The average molecular weight is 425 g/mol. The Kier molecular flexibility index (Phi) is 7.02. The Labute approximate surface area is 172 Å². The van der Waals surface area contributed by atoms with Gasteiger partial charge in [-0.1, -0.05) is 45.0 Å². The number of benzene rings is 1. The van der Waals surface area contributed by atoms with E-state index in [4.69, 9.17) is 4.43 Å². The van der Waals surface area contributed by atoms with E-state index in [2.05, 4.69) is 40.4 Å². The summed E-state index contributed by atoms with van der Waals surface area (Å²) in [7, 11) is -5.28. The molecule has 28 heavy (non-hydrogen) atoms. The molecule has 0 heterocycles. The first-order valence-corrected chi connectivity index (χ1v) is 14.5. The molecule has 1 saturated carbocycles. The summed E-state index contributed by atoms with van der Waals surface area (Å²) in [6.45, 7) is 15.6. The van der Waals surface area contributed by atoms with Gasteiger partial charge >= 0.3 is 0 Å². The molecule has 1 fully saturated rings. The van der Waals surface area contributed by atoms with Crippen LogP contribution in [-0.4, -0.2) is 39.3 Å². The Morgan fingerprint density at radius 1 is 1.29 bits per heavy atom. The molecular formula is C22H36O4SSi. The summed E-state index contributed by atoms with van der Waals surface area (Å²) >= 11 is 0. The third-order valence-electron chi connectivity index (χ3n) is 6.53. The van der Waals surface area contributed by atoms with Crippen molar-refractivity contribution in [1.82, 2.24) is 0 Å². The maximum absolute atomic E-state index is 13.0. The van der Waals surface area contributed by atoms with Gasteiger partial charge in [-0.3, -0.25) is 0 Å². The smallest absolute Gasteiger partial charge is 0.191 e. The fourth-order valence-corrected chi connectivity index (χ4v) is 6.64. The Morgan fingerprint density at radius 2 is 1.89 bits per heavy atom. The van der Waals surface area contributed by atoms with E-state index >= 15 is 0 Å². The number of rotatable bonds is 10. The molecule has 158 valence electrons. The van der Waals surface area contributed by atoms with Gasteiger partial charge in [-0.15, -0.1) is 6.58 Å². The van der Waals surface area contributed by atoms with Crippen molar-refractivity contribution in [3.63, 3.8) is 0 Å². The first-order valence-electron chi connectivity index (χ1n) is 10.1. The lowest BCUT2D eigenvalue weighted by Crippen LogP contribution is -2.41. The summed E-state index contributed by atoms with van der Waals surface area (Å²) in [4.78, 5) is 0.298. The number of unbranched alkanes of at least 4 members (excludes halogenated alkanes) is 1. The largest absolute Gasteiger partial charge is 0.417 e. The van der Waals surface area contributed by atoms with E-state index in [1.54, 1.807) is 30.3 Å². The third kappa shape index (κ3) is 4.61. The summed E-state index contributed by atoms with van der Waals surface area (Å²) < 4.78 is 31.2. The first kappa shape index (κ1) is 23.3. The molecule has 2 rings (SSSR count). The van der Waals surface area contributed by atoms with E-state index in [0.29, 0.717) is 24.3 Å². The van der Waals surface area contributed by atoms with Gasteiger partial charge in [0.25, 0.3) is 0 Å². The highest BCUT2D eigenvalue weighted by Gasteiger charge is 2.64. The highest BCUT2D eigenvalue weighted by molar-refractivity contribution is 7.93. The van der Waals surface area contributed by atoms with Crippen molar-refractivity contribution in [3.8, 4) is 0 Å². The van der Waals surface area contributed by atoms with E-state index < -0.39 is 29.0 Å². The highest BCUT2D eigenvalue weighted by atomic mass is 32.2. The zero-order valence-electron chi connectivity index (χ0n) is 17.9. The van der Waals surface area contributed by atoms with Crippen molar-refractivity contribution in [3.05, 3.63) is 43.0 Å². The second-order valence-corrected chi connectivity index (χ2v) is 16.5. The minimum Gasteiger partial charge on any atom is -0.417 e. The number of hydrogen-bond acceptors (Lipinski definition) is 4. The van der Waals surface area contributed by atoms with E-state index in [9.17, 15) is 13.5 Å². The van der Waals surface area contributed by atoms with Crippen LogP contribution < -0.4 is 0 Å². The van der Waals surface area contributed by atoms with Crippen molar-refractivity contribution in [1.29, 1.82) is 0 Å². The summed E-state index contributed by atoms with van der Waals surface area (Å²) in [5, 5.41) is 10.8. The van der Waals surface area contributed by atoms with Crippen LogP contribution in [0.15, 0.2) is 47.9 Å². The van der Waals surface area contributed by atoms with Crippen molar-refractivity contribution in [2.24, 2.45) is 5.92 Å². The van der Waals surface area contributed by atoms with Gasteiger partial charge < -0.3 is 9.53 Å². The standard InChI is InChI=1S/C22H36O4SSi/c1-7-22(27(24,25)18-13-9-8-10-14-18)17-19(22)20(23)15-11-12-16-26-28(5,6)21(2,3)4/h7-10,13-14,19-20,23H,1,11-12,15-17H2,2-6H3/t19-,20-,22?/m1/s1. The predicted molar refractivity (Wildman–Crippen MR) is 118 cm³/mol. The fourth-order valence-electron chi connectivity index (χ4n) is 3.42. The van der Waals surface area contributed by atoms with Crippen molar-refractivity contribution in [2.75, 3.05) is 6.61 Å². The van der Waals surface area contributed by atoms with Crippen LogP contribution >= 0.6 is 0 Å². The Balaban J connectivity index is 1.88. The maximum Gasteiger partial charge on any atom is 0.191 e. The molecule has 0 bridgehead atoms. The van der Waals surface area contributed by atoms with Gasteiger partial charge in [0.15, 0.2) is 18.2 Å². The first-order chi connectivity index (χ1) is 12.9. The Hall–Kier alpha value is -0.953. The number of sulfone groups is 1. The minimum absolute atomic E-state index is 0.190. The second-order valence-electron chi connectivity index (χ2n) is 9.46. The van der Waals surface area contributed by atoms with Crippen LogP contribution in [0.4, 0.5) is 0 Å². The van der Waals surface area contributed by atoms with E-state index in [0.717, 1.165) is 12.8 Å². The van der Waals surface area contributed by atoms with E-state index in [-0.39, 0.29) is 11.0 Å². The van der Waals surface area contributed by atoms with Crippen LogP contribution in [0.25, 0.3) is 0 Å². The lowest BCUT2D eigenvalue weighted by Gasteiger charge is -2.36. The monoisotopic (exact) mass is 424 g/mol. The molecule has 1 unspecified atom stereocenters. The maximum atomic E-state index is 13.0. The summed E-state index contributed by atoms with van der Waals surface area (Å²) in [5.74, 6) is -0.281. The molecule has 1 aliphatic carbocycles. The minimum atomic E-state index is -3.54. The molecule has 0 aromatic heterocycles. The molecule has 0 radical (unpaired) electrons. The average Bonchev–Trinajstić information content (AvgIpc) is 3.38. The number of aliphatic hydroxyl groups excluding tert-OH is 1. The zero-order chi connectivity index (χ0) is 21.2. The molecule has 1 aliphatic rings. The highest BCUT2D eigenvalue weighted by Crippen LogP contribution is 2.55. The van der Waals surface area contributed by atoms with Crippen LogP contribution in [0.1, 0.15) is 46.5 Å². The quantitative estimate of drug-likeness (QED) is 0.328. The Bertz CT molecular complexity index is 767. The van der Waals surface area contributed by atoms with E-state index in [1.165, 1.54) is 6.08 Å². The van der Waals surface area contributed by atoms with Gasteiger partial charge in [-0.2, -0.15) is 0 Å². The van der Waals surface area contributed by atoms with Crippen LogP contribution in [-0.2, 0) is 14.3 Å². The molecule has 1 N–H and O–H groups in total. The van der Waals surface area contributed by atoms with E-state index in [1.807, 2.05) is 0 Å². The molecule has 1 aromatic carbocycles. The van der Waals surface area contributed by atoms with Crippen molar-refractivity contribution < 1.29 is 18.0 Å². The molecular weight excluding hydrogens is 388 g/mol. The topological polar surface area (TPSA) is 63.6 Å². The van der Waals surface area contributed by atoms with Crippen molar-refractivity contribution in [2.45, 2.75) is 80.3 Å². The molecule has 1 aromatic rings. The second kappa shape index (κ2) is 8.42. The van der Waals surface area contributed by atoms with Gasteiger partial charge in [0.05, 0.1) is 11.0 Å². The predicted octanol–water partition coefficient (Wildman–Crippen LogP) is 4.96. The van der Waals surface area contributed by atoms with Crippen LogP contribution in [0.2, 0.25) is 18.1 Å². The molecule has 0 amide bonds. The lowest BCUT2D eigenvalue weighted by atomic mass is 10.1. The van der Waals surface area contributed by atoms with Gasteiger partial charge in [-0.25, -0.2) is 8.42 Å². The fraction of sp³-hybridized carbons (Fsp3) is 0.636. The third-order valence-corrected chi connectivity index (χ3v) is 13.6. The molecule has 6 heteroatoms. The van der Waals surface area contributed by atoms with Crippen LogP contribution in [0.3, 0.4) is 0 Å². The SMILES string of the molecule is C=CC1(S(=O)(=O)c2ccccc2)C[C@@H]1[C@H](O)CCCCO[Si](C)(C)C(C)(C)C. The molecule has 0 saturated heterocycles. The normalized spacial score (nSPS) is 24.0. The van der Waals surface area contributed by atoms with Gasteiger partial charge in [-0.05, 0) is 55.9 Å². The van der Waals surface area contributed by atoms with Crippen LogP contribution in [0, 0.1) is 5.92 Å². The van der Waals surface area contributed by atoms with Crippen LogP contribution in [0.5, 0.6) is 0 Å².